The van der Waals surface area contributed by atoms with Crippen molar-refractivity contribution in [2.24, 2.45) is 5.10 Å². The van der Waals surface area contributed by atoms with Crippen molar-refractivity contribution in [3.8, 4) is 22.8 Å². The Bertz CT molecular complexity index is 1310. The normalized spacial score (nSPS) is 15.6. The van der Waals surface area contributed by atoms with Gasteiger partial charge in [0.15, 0.2) is 11.5 Å². The van der Waals surface area contributed by atoms with Gasteiger partial charge in [0.25, 0.3) is 0 Å². The summed E-state index contributed by atoms with van der Waals surface area (Å²) in [6, 6.07) is 16.8. The predicted molar refractivity (Wildman–Crippen MR) is 137 cm³/mol. The molecule has 0 amide bonds. The number of hydrogen-bond donors (Lipinski definition) is 0. The van der Waals surface area contributed by atoms with E-state index in [1.165, 1.54) is 16.0 Å². The zero-order valence-corrected chi connectivity index (χ0v) is 20.7. The Morgan fingerprint density at radius 3 is 2.52 bits per heavy atom. The van der Waals surface area contributed by atoms with Crippen LogP contribution in [-0.4, -0.2) is 24.9 Å². The smallest absolute Gasteiger partial charge is 0.207 e. The van der Waals surface area contributed by atoms with Gasteiger partial charge in [-0.1, -0.05) is 24.3 Å². The molecule has 0 aliphatic carbocycles. The summed E-state index contributed by atoms with van der Waals surface area (Å²) in [5, 5.41) is 12.2. The van der Waals surface area contributed by atoms with Crippen molar-refractivity contribution in [3.63, 3.8) is 0 Å². The van der Waals surface area contributed by atoms with E-state index in [1.807, 2.05) is 12.1 Å². The number of thiophene rings is 1. The molecule has 5 rings (SSSR count). The number of rotatable bonds is 6. The minimum Gasteiger partial charge on any atom is -0.493 e. The first kappa shape index (κ1) is 21.7. The van der Waals surface area contributed by atoms with Crippen LogP contribution in [0.15, 0.2) is 64.4 Å². The lowest BCUT2D eigenvalue weighted by molar-refractivity contribution is 0.354. The van der Waals surface area contributed by atoms with Gasteiger partial charge < -0.3 is 9.47 Å². The third kappa shape index (κ3) is 4.14. The van der Waals surface area contributed by atoms with Crippen molar-refractivity contribution in [1.29, 1.82) is 0 Å². The minimum atomic E-state index is 0.0284. The van der Waals surface area contributed by atoms with Gasteiger partial charge in [-0.25, -0.2) is 9.99 Å². The first-order chi connectivity index (χ1) is 16.1. The first-order valence-electron chi connectivity index (χ1n) is 10.7. The molecule has 2 aromatic heterocycles. The number of thiazole rings is 1. The summed E-state index contributed by atoms with van der Waals surface area (Å²) in [6.45, 7) is 4.27. The maximum atomic E-state index is 5.57. The van der Waals surface area contributed by atoms with Gasteiger partial charge in [-0.3, -0.25) is 0 Å². The Morgan fingerprint density at radius 2 is 1.79 bits per heavy atom. The molecule has 0 radical (unpaired) electrons. The zero-order valence-electron chi connectivity index (χ0n) is 19.0. The summed E-state index contributed by atoms with van der Waals surface area (Å²) in [5.41, 5.74) is 6.85. The number of benzene rings is 2. The van der Waals surface area contributed by atoms with Gasteiger partial charge in [0.2, 0.25) is 5.13 Å². The van der Waals surface area contributed by atoms with E-state index >= 15 is 0 Å². The molecule has 0 spiro atoms. The molecule has 1 aliphatic rings. The molecule has 1 atom stereocenters. The molecule has 1 aliphatic heterocycles. The number of ether oxygens (including phenoxy) is 2. The summed E-state index contributed by atoms with van der Waals surface area (Å²) < 4.78 is 11.0. The Hall–Kier alpha value is -3.16. The predicted octanol–water partition coefficient (Wildman–Crippen LogP) is 6.86. The lowest BCUT2D eigenvalue weighted by atomic mass is 10.0. The lowest BCUT2D eigenvalue weighted by Crippen LogP contribution is -2.18. The molecule has 1 unspecified atom stereocenters. The van der Waals surface area contributed by atoms with Crippen LogP contribution < -0.4 is 14.5 Å². The Labute approximate surface area is 202 Å². The number of hydrazone groups is 1. The van der Waals surface area contributed by atoms with Gasteiger partial charge in [-0.2, -0.15) is 5.10 Å². The van der Waals surface area contributed by atoms with Crippen LogP contribution in [0.4, 0.5) is 5.13 Å². The molecule has 0 fully saturated rings. The summed E-state index contributed by atoms with van der Waals surface area (Å²) in [7, 11) is 3.32. The molecule has 7 heteroatoms. The Morgan fingerprint density at radius 1 is 0.939 bits per heavy atom. The highest BCUT2D eigenvalue weighted by Gasteiger charge is 2.32. The highest BCUT2D eigenvalue weighted by atomic mass is 32.1. The number of methoxy groups -OCH3 is 2. The fourth-order valence-electron chi connectivity index (χ4n) is 4.00. The lowest BCUT2D eigenvalue weighted by Gasteiger charge is -2.22. The fourth-order valence-corrected chi connectivity index (χ4v) is 5.55. The summed E-state index contributed by atoms with van der Waals surface area (Å²) in [4.78, 5) is 6.17. The molecule has 5 nitrogen and oxygen atoms in total. The van der Waals surface area contributed by atoms with E-state index in [4.69, 9.17) is 19.6 Å². The largest absolute Gasteiger partial charge is 0.493 e. The third-order valence-electron chi connectivity index (χ3n) is 6.00. The topological polar surface area (TPSA) is 47.0 Å². The van der Waals surface area contributed by atoms with Crippen molar-refractivity contribution >= 4 is 33.5 Å². The minimum absolute atomic E-state index is 0.0284. The van der Waals surface area contributed by atoms with Crippen LogP contribution >= 0.6 is 22.7 Å². The van der Waals surface area contributed by atoms with E-state index in [9.17, 15) is 0 Å². The van der Waals surface area contributed by atoms with Gasteiger partial charge in [-0.15, -0.1) is 22.7 Å². The molecule has 2 aromatic carbocycles. The van der Waals surface area contributed by atoms with Gasteiger partial charge in [0, 0.05) is 17.4 Å². The Kier molecular flexibility index (Phi) is 5.91. The van der Waals surface area contributed by atoms with E-state index in [2.05, 4.69) is 66.0 Å². The van der Waals surface area contributed by atoms with Crippen LogP contribution in [0.2, 0.25) is 0 Å². The number of anilines is 1. The second-order valence-corrected chi connectivity index (χ2v) is 9.80. The summed E-state index contributed by atoms with van der Waals surface area (Å²) >= 11 is 3.34. The second kappa shape index (κ2) is 9.00. The number of hydrogen-bond acceptors (Lipinski definition) is 7. The van der Waals surface area contributed by atoms with Crippen molar-refractivity contribution in [3.05, 3.63) is 80.9 Å². The van der Waals surface area contributed by atoms with E-state index in [0.29, 0.717) is 0 Å². The number of nitrogens with zero attached hydrogens (tertiary/aromatic N) is 3. The van der Waals surface area contributed by atoms with E-state index in [0.717, 1.165) is 45.6 Å². The molecule has 0 N–H and O–H groups in total. The Balaban J connectivity index is 1.54. The van der Waals surface area contributed by atoms with Crippen LogP contribution in [0.1, 0.15) is 34.0 Å². The van der Waals surface area contributed by atoms with Gasteiger partial charge in [-0.05, 0) is 60.2 Å². The maximum Gasteiger partial charge on any atom is 0.207 e. The molecular formula is C26H25N3O2S2. The highest BCUT2D eigenvalue weighted by Crippen LogP contribution is 2.42. The van der Waals surface area contributed by atoms with Crippen LogP contribution in [0, 0.1) is 13.8 Å². The quantitative estimate of drug-likeness (QED) is 0.306. The SMILES string of the molecule is COc1ccc(C2CC(c3cccs3)=NN2c2nc(-c3ccc(C)c(C)c3)cs2)cc1OC. The van der Waals surface area contributed by atoms with Crippen LogP contribution in [0.3, 0.4) is 0 Å². The molecule has 0 bridgehead atoms. The molecular weight excluding hydrogens is 450 g/mol. The van der Waals surface area contributed by atoms with Crippen molar-refractivity contribution in [2.75, 3.05) is 19.2 Å². The monoisotopic (exact) mass is 475 g/mol. The van der Waals surface area contributed by atoms with Crippen molar-refractivity contribution < 1.29 is 9.47 Å². The summed E-state index contributed by atoms with van der Waals surface area (Å²) in [5.74, 6) is 1.44. The highest BCUT2D eigenvalue weighted by molar-refractivity contribution is 7.14. The van der Waals surface area contributed by atoms with E-state index < -0.39 is 0 Å². The molecule has 0 saturated heterocycles. The van der Waals surface area contributed by atoms with Gasteiger partial charge in [0.05, 0.1) is 36.5 Å². The van der Waals surface area contributed by atoms with Crippen LogP contribution in [-0.2, 0) is 0 Å². The van der Waals surface area contributed by atoms with Gasteiger partial charge in [0.1, 0.15) is 0 Å². The average molecular weight is 476 g/mol. The molecule has 168 valence electrons. The molecule has 0 saturated carbocycles. The first-order valence-corrected chi connectivity index (χ1v) is 12.5. The second-order valence-electron chi connectivity index (χ2n) is 8.02. The van der Waals surface area contributed by atoms with Crippen molar-refractivity contribution in [2.45, 2.75) is 26.3 Å². The molecule has 4 aromatic rings. The number of aryl methyl sites for hydroxylation is 2. The van der Waals surface area contributed by atoms with Crippen molar-refractivity contribution in [1.82, 2.24) is 4.98 Å². The standard InChI is InChI=1S/C26H25N3O2S2/c1-16-7-8-18(12-17(16)2)21-15-33-26(27-21)29-22(14-20(28-29)25-6-5-11-32-25)19-9-10-23(30-3)24(13-19)31-4/h5-13,15,22H,14H2,1-4H3. The summed E-state index contributed by atoms with van der Waals surface area (Å²) in [6.07, 6.45) is 0.800. The molecule has 3 heterocycles. The third-order valence-corrected chi connectivity index (χ3v) is 7.75. The van der Waals surface area contributed by atoms with E-state index in [-0.39, 0.29) is 6.04 Å². The maximum absolute atomic E-state index is 5.57. The average Bonchev–Trinajstić information content (AvgIpc) is 3.60. The molecule has 33 heavy (non-hydrogen) atoms. The van der Waals surface area contributed by atoms with Crippen LogP contribution in [0.25, 0.3) is 11.3 Å². The zero-order chi connectivity index (χ0) is 22.9. The van der Waals surface area contributed by atoms with Crippen LogP contribution in [0.5, 0.6) is 11.5 Å². The number of aromatic nitrogens is 1. The van der Waals surface area contributed by atoms with Gasteiger partial charge >= 0.3 is 0 Å². The van der Waals surface area contributed by atoms with E-state index in [1.54, 1.807) is 36.9 Å². The fraction of sp³-hybridized carbons (Fsp3) is 0.231.